The van der Waals surface area contributed by atoms with Crippen molar-refractivity contribution in [1.29, 1.82) is 0 Å². The first-order valence-corrected chi connectivity index (χ1v) is 6.35. The van der Waals surface area contributed by atoms with Crippen LogP contribution in [0.25, 0.3) is 0 Å². The highest BCUT2D eigenvalue weighted by atomic mass is 16.6. The van der Waals surface area contributed by atoms with Gasteiger partial charge in [-0.3, -0.25) is 10.1 Å². The molecule has 6 heteroatoms. The fourth-order valence-corrected chi connectivity index (χ4v) is 2.28. The third kappa shape index (κ3) is 3.35. The zero-order chi connectivity index (χ0) is 13.8. The fourth-order valence-electron chi connectivity index (χ4n) is 2.28. The quantitative estimate of drug-likeness (QED) is 0.667. The lowest BCUT2D eigenvalue weighted by Gasteiger charge is -2.26. The summed E-state index contributed by atoms with van der Waals surface area (Å²) >= 11 is 0. The highest BCUT2D eigenvalue weighted by Crippen LogP contribution is 2.32. The van der Waals surface area contributed by atoms with Gasteiger partial charge in [0.1, 0.15) is 5.75 Å². The molecule has 1 aliphatic carbocycles. The van der Waals surface area contributed by atoms with Crippen molar-refractivity contribution in [2.75, 3.05) is 7.11 Å². The summed E-state index contributed by atoms with van der Waals surface area (Å²) in [6, 6.07) is 4.92. The van der Waals surface area contributed by atoms with E-state index < -0.39 is 4.92 Å². The van der Waals surface area contributed by atoms with E-state index in [0.717, 1.165) is 25.7 Å². The van der Waals surface area contributed by atoms with Crippen LogP contribution in [0, 0.1) is 10.1 Å². The highest BCUT2D eigenvalue weighted by molar-refractivity contribution is 5.50. The van der Waals surface area contributed by atoms with E-state index in [0.29, 0.717) is 5.75 Å². The minimum absolute atomic E-state index is 0.0764. The van der Waals surface area contributed by atoms with Crippen molar-refractivity contribution in [2.24, 2.45) is 5.73 Å². The summed E-state index contributed by atoms with van der Waals surface area (Å²) in [4.78, 5) is 10.5. The maximum atomic E-state index is 10.9. The second kappa shape index (κ2) is 5.88. The molecule has 1 fully saturated rings. The van der Waals surface area contributed by atoms with Crippen LogP contribution in [0.4, 0.5) is 5.69 Å². The minimum atomic E-state index is -0.470. The summed E-state index contributed by atoms with van der Waals surface area (Å²) in [5.41, 5.74) is 5.75. The molecule has 2 N–H and O–H groups in total. The molecule has 1 aromatic carbocycles. The Hall–Kier alpha value is -1.82. The first-order valence-electron chi connectivity index (χ1n) is 6.35. The van der Waals surface area contributed by atoms with E-state index in [2.05, 4.69) is 0 Å². The standard InChI is InChI=1S/C13H18N2O4/c1-18-13-7-6-11(8-12(13)15(16)17)19-10-4-2-9(14)3-5-10/h6-10H,2-5,14H2,1H3. The Bertz CT molecular complexity index is 456. The lowest BCUT2D eigenvalue weighted by Crippen LogP contribution is -2.31. The Morgan fingerprint density at radius 1 is 1.32 bits per heavy atom. The monoisotopic (exact) mass is 266 g/mol. The molecule has 0 heterocycles. The highest BCUT2D eigenvalue weighted by Gasteiger charge is 2.21. The summed E-state index contributed by atoms with van der Waals surface area (Å²) in [7, 11) is 1.41. The van der Waals surface area contributed by atoms with Crippen LogP contribution in [0.5, 0.6) is 11.5 Å². The first-order chi connectivity index (χ1) is 9.10. The molecule has 1 aromatic rings. The van der Waals surface area contributed by atoms with Crippen molar-refractivity contribution >= 4 is 5.69 Å². The molecule has 0 bridgehead atoms. The van der Waals surface area contributed by atoms with Gasteiger partial charge >= 0.3 is 5.69 Å². The van der Waals surface area contributed by atoms with Crippen LogP contribution in [0.2, 0.25) is 0 Å². The van der Waals surface area contributed by atoms with E-state index in [-0.39, 0.29) is 23.6 Å². The van der Waals surface area contributed by atoms with Crippen LogP contribution in [-0.4, -0.2) is 24.2 Å². The molecular formula is C13H18N2O4. The number of nitrogens with two attached hydrogens (primary N) is 1. The molecule has 0 unspecified atom stereocenters. The van der Waals surface area contributed by atoms with Gasteiger partial charge < -0.3 is 15.2 Å². The van der Waals surface area contributed by atoms with Gasteiger partial charge in [-0.2, -0.15) is 0 Å². The molecule has 2 rings (SSSR count). The normalized spacial score (nSPS) is 22.8. The number of nitro benzene ring substituents is 1. The largest absolute Gasteiger partial charge is 0.490 e. The van der Waals surface area contributed by atoms with Gasteiger partial charge in [0, 0.05) is 6.04 Å². The molecule has 0 aliphatic heterocycles. The molecule has 0 aromatic heterocycles. The van der Waals surface area contributed by atoms with E-state index in [4.69, 9.17) is 15.2 Å². The van der Waals surface area contributed by atoms with Crippen molar-refractivity contribution in [3.8, 4) is 11.5 Å². The second-order valence-corrected chi connectivity index (χ2v) is 4.75. The van der Waals surface area contributed by atoms with E-state index in [1.165, 1.54) is 13.2 Å². The van der Waals surface area contributed by atoms with Gasteiger partial charge in [-0.15, -0.1) is 0 Å². The maximum absolute atomic E-state index is 10.9. The molecular weight excluding hydrogens is 248 g/mol. The van der Waals surface area contributed by atoms with Crippen LogP contribution in [0.3, 0.4) is 0 Å². The molecule has 19 heavy (non-hydrogen) atoms. The van der Waals surface area contributed by atoms with Crippen molar-refractivity contribution in [3.63, 3.8) is 0 Å². The molecule has 0 spiro atoms. The van der Waals surface area contributed by atoms with Gasteiger partial charge in [0.15, 0.2) is 5.75 Å². The van der Waals surface area contributed by atoms with Crippen molar-refractivity contribution in [3.05, 3.63) is 28.3 Å². The van der Waals surface area contributed by atoms with Gasteiger partial charge in [-0.05, 0) is 37.8 Å². The van der Waals surface area contributed by atoms with Gasteiger partial charge in [0.05, 0.1) is 24.2 Å². The first kappa shape index (κ1) is 13.6. The zero-order valence-electron chi connectivity index (χ0n) is 10.9. The Labute approximate surface area is 111 Å². The third-order valence-corrected chi connectivity index (χ3v) is 3.37. The summed E-state index contributed by atoms with van der Waals surface area (Å²) in [5.74, 6) is 0.746. The lowest BCUT2D eigenvalue weighted by molar-refractivity contribution is -0.385. The Kier molecular flexibility index (Phi) is 4.21. The third-order valence-electron chi connectivity index (χ3n) is 3.37. The average Bonchev–Trinajstić information content (AvgIpc) is 2.41. The Balaban J connectivity index is 2.08. The number of hydrogen-bond acceptors (Lipinski definition) is 5. The van der Waals surface area contributed by atoms with E-state index in [9.17, 15) is 10.1 Å². The molecule has 6 nitrogen and oxygen atoms in total. The Morgan fingerprint density at radius 3 is 2.58 bits per heavy atom. The average molecular weight is 266 g/mol. The predicted octanol–water partition coefficient (Wildman–Crippen LogP) is 2.25. The lowest BCUT2D eigenvalue weighted by atomic mass is 9.94. The Morgan fingerprint density at radius 2 is 2.00 bits per heavy atom. The van der Waals surface area contributed by atoms with Gasteiger partial charge in [-0.1, -0.05) is 0 Å². The summed E-state index contributed by atoms with van der Waals surface area (Å²) in [5, 5.41) is 10.9. The van der Waals surface area contributed by atoms with Crippen LogP contribution >= 0.6 is 0 Å². The fraction of sp³-hybridized carbons (Fsp3) is 0.538. The number of nitro groups is 1. The van der Waals surface area contributed by atoms with Crippen LogP contribution in [0.1, 0.15) is 25.7 Å². The SMILES string of the molecule is COc1ccc(OC2CCC(N)CC2)cc1[N+](=O)[O-]. The number of methoxy groups -OCH3 is 1. The van der Waals surface area contributed by atoms with Crippen LogP contribution < -0.4 is 15.2 Å². The van der Waals surface area contributed by atoms with Crippen molar-refractivity contribution < 1.29 is 14.4 Å². The number of rotatable bonds is 4. The zero-order valence-corrected chi connectivity index (χ0v) is 10.9. The number of ether oxygens (including phenoxy) is 2. The summed E-state index contributed by atoms with van der Waals surface area (Å²) in [6.45, 7) is 0. The van der Waals surface area contributed by atoms with Crippen molar-refractivity contribution in [1.82, 2.24) is 0 Å². The number of benzene rings is 1. The van der Waals surface area contributed by atoms with Crippen LogP contribution in [-0.2, 0) is 0 Å². The summed E-state index contributed by atoms with van der Waals surface area (Å²) < 4.78 is 10.7. The molecule has 0 atom stereocenters. The van der Waals surface area contributed by atoms with Gasteiger partial charge in [0.2, 0.25) is 0 Å². The van der Waals surface area contributed by atoms with Gasteiger partial charge in [-0.25, -0.2) is 0 Å². The topological polar surface area (TPSA) is 87.6 Å². The molecule has 0 radical (unpaired) electrons. The van der Waals surface area contributed by atoms with E-state index >= 15 is 0 Å². The minimum Gasteiger partial charge on any atom is -0.490 e. The van der Waals surface area contributed by atoms with E-state index in [1.54, 1.807) is 12.1 Å². The second-order valence-electron chi connectivity index (χ2n) is 4.75. The number of hydrogen-bond donors (Lipinski definition) is 1. The molecule has 0 saturated heterocycles. The molecule has 1 saturated carbocycles. The van der Waals surface area contributed by atoms with Crippen LogP contribution in [0.15, 0.2) is 18.2 Å². The van der Waals surface area contributed by atoms with E-state index in [1.807, 2.05) is 0 Å². The van der Waals surface area contributed by atoms with Gasteiger partial charge in [0.25, 0.3) is 0 Å². The van der Waals surface area contributed by atoms with Crippen molar-refractivity contribution in [2.45, 2.75) is 37.8 Å². The smallest absolute Gasteiger partial charge is 0.314 e. The predicted molar refractivity (Wildman–Crippen MR) is 70.5 cm³/mol. The summed E-state index contributed by atoms with van der Waals surface area (Å²) in [6.07, 6.45) is 3.74. The maximum Gasteiger partial charge on any atom is 0.314 e. The molecule has 1 aliphatic rings. The molecule has 104 valence electrons. The number of nitrogens with zero attached hydrogens (tertiary/aromatic N) is 1. The molecule has 0 amide bonds.